The van der Waals surface area contributed by atoms with Gasteiger partial charge in [0.2, 0.25) is 0 Å². The van der Waals surface area contributed by atoms with E-state index in [1.807, 2.05) is 12.1 Å². The summed E-state index contributed by atoms with van der Waals surface area (Å²) in [4.78, 5) is 26.3. The Morgan fingerprint density at radius 1 is 1.00 bits per heavy atom. The van der Waals surface area contributed by atoms with E-state index < -0.39 is 0 Å². The van der Waals surface area contributed by atoms with Crippen molar-refractivity contribution in [3.8, 4) is 0 Å². The van der Waals surface area contributed by atoms with Crippen molar-refractivity contribution in [2.75, 3.05) is 37.2 Å². The van der Waals surface area contributed by atoms with Gasteiger partial charge >= 0.3 is 5.69 Å². The molecule has 0 aliphatic carbocycles. The predicted octanol–water partition coefficient (Wildman–Crippen LogP) is 1.81. The summed E-state index contributed by atoms with van der Waals surface area (Å²) in [5, 5.41) is 3.24. The van der Waals surface area contributed by atoms with Gasteiger partial charge in [-0.2, -0.15) is 0 Å². The fourth-order valence-electron chi connectivity index (χ4n) is 3.15. The first kappa shape index (κ1) is 21.8. The number of aryl methyl sites for hydroxylation is 1. The Bertz CT molecular complexity index is 855. The number of nitrogen functional groups attached to an aromatic ring is 1. The summed E-state index contributed by atoms with van der Waals surface area (Å²) in [6, 6.07) is 9.54. The van der Waals surface area contributed by atoms with Crippen LogP contribution in [0.1, 0.15) is 31.7 Å². The van der Waals surface area contributed by atoms with Crippen LogP contribution in [0.25, 0.3) is 0 Å². The molecule has 2 rings (SSSR count). The molecule has 1 heterocycles. The molecule has 0 saturated heterocycles. The molecule has 0 aliphatic heterocycles. The van der Waals surface area contributed by atoms with Crippen molar-refractivity contribution in [3.63, 3.8) is 0 Å². The summed E-state index contributed by atoms with van der Waals surface area (Å²) < 4.78 is 2.58. The van der Waals surface area contributed by atoms with E-state index in [4.69, 9.17) is 5.73 Å². The van der Waals surface area contributed by atoms with Gasteiger partial charge in [0.15, 0.2) is 0 Å². The standard InChI is InChI=1S/C21H33N5O2/c1-4-5-13-26(14-6-7-17-8-10-18(22)11-9-17)15-12-23-19-16-20(27)25(3)21(28)24(19)2/h8-11,16,23H,4-7,12-15,22H2,1-3H3. The zero-order chi connectivity index (χ0) is 20.5. The first-order valence-corrected chi connectivity index (χ1v) is 10.00. The van der Waals surface area contributed by atoms with Gasteiger partial charge in [0, 0.05) is 38.9 Å². The Morgan fingerprint density at radius 2 is 1.68 bits per heavy atom. The lowest BCUT2D eigenvalue weighted by Gasteiger charge is -2.23. The van der Waals surface area contributed by atoms with Crippen LogP contribution < -0.4 is 22.3 Å². The average molecular weight is 388 g/mol. The highest BCUT2D eigenvalue weighted by molar-refractivity contribution is 5.39. The second-order valence-corrected chi connectivity index (χ2v) is 7.24. The van der Waals surface area contributed by atoms with Crippen LogP contribution in [-0.2, 0) is 20.5 Å². The molecule has 0 unspecified atom stereocenters. The SMILES string of the molecule is CCCCN(CCCc1ccc(N)cc1)CCNc1cc(=O)n(C)c(=O)n1C. The molecule has 7 heteroatoms. The molecule has 0 spiro atoms. The number of nitrogens with two attached hydrogens (primary N) is 1. The molecular formula is C21H33N5O2. The van der Waals surface area contributed by atoms with Crippen molar-refractivity contribution in [2.45, 2.75) is 32.6 Å². The van der Waals surface area contributed by atoms with E-state index in [1.165, 1.54) is 23.2 Å². The molecule has 7 nitrogen and oxygen atoms in total. The minimum absolute atomic E-state index is 0.295. The van der Waals surface area contributed by atoms with Gasteiger partial charge in [-0.25, -0.2) is 4.79 Å². The maximum absolute atomic E-state index is 12.0. The number of aromatic nitrogens is 2. The van der Waals surface area contributed by atoms with E-state index >= 15 is 0 Å². The van der Waals surface area contributed by atoms with Gasteiger partial charge < -0.3 is 16.0 Å². The number of benzene rings is 1. The van der Waals surface area contributed by atoms with Gasteiger partial charge in [0.05, 0.1) is 0 Å². The van der Waals surface area contributed by atoms with E-state index in [1.54, 1.807) is 7.05 Å². The van der Waals surface area contributed by atoms with Gasteiger partial charge in [-0.15, -0.1) is 0 Å². The number of anilines is 2. The van der Waals surface area contributed by atoms with E-state index in [0.29, 0.717) is 12.4 Å². The summed E-state index contributed by atoms with van der Waals surface area (Å²) in [6.45, 7) is 5.81. The zero-order valence-corrected chi connectivity index (χ0v) is 17.3. The monoisotopic (exact) mass is 387 g/mol. The summed E-state index contributed by atoms with van der Waals surface area (Å²) in [5.41, 5.74) is 7.23. The third-order valence-corrected chi connectivity index (χ3v) is 5.01. The third kappa shape index (κ3) is 6.27. The van der Waals surface area contributed by atoms with Crippen LogP contribution in [0.2, 0.25) is 0 Å². The molecule has 28 heavy (non-hydrogen) atoms. The van der Waals surface area contributed by atoms with Crippen molar-refractivity contribution in [3.05, 3.63) is 56.7 Å². The number of nitrogens with one attached hydrogen (secondary N) is 1. The minimum Gasteiger partial charge on any atom is -0.399 e. The highest BCUT2D eigenvalue weighted by atomic mass is 16.2. The summed E-state index contributed by atoms with van der Waals surface area (Å²) in [7, 11) is 3.16. The van der Waals surface area contributed by atoms with Gasteiger partial charge in [0.1, 0.15) is 5.82 Å². The van der Waals surface area contributed by atoms with Crippen molar-refractivity contribution in [2.24, 2.45) is 14.1 Å². The largest absolute Gasteiger partial charge is 0.399 e. The van der Waals surface area contributed by atoms with Gasteiger partial charge in [-0.3, -0.25) is 13.9 Å². The summed E-state index contributed by atoms with van der Waals surface area (Å²) in [6.07, 6.45) is 4.43. The summed E-state index contributed by atoms with van der Waals surface area (Å²) >= 11 is 0. The van der Waals surface area contributed by atoms with Crippen molar-refractivity contribution < 1.29 is 0 Å². The Balaban J connectivity index is 1.87. The quantitative estimate of drug-likeness (QED) is 0.575. The molecule has 2 aromatic rings. The van der Waals surface area contributed by atoms with Gasteiger partial charge in [0.25, 0.3) is 5.56 Å². The normalized spacial score (nSPS) is 11.1. The molecular weight excluding hydrogens is 354 g/mol. The molecule has 0 atom stereocenters. The van der Waals surface area contributed by atoms with E-state index in [-0.39, 0.29) is 11.2 Å². The lowest BCUT2D eigenvalue weighted by molar-refractivity contribution is 0.276. The van der Waals surface area contributed by atoms with Crippen molar-refractivity contribution in [1.29, 1.82) is 0 Å². The average Bonchev–Trinajstić information content (AvgIpc) is 2.69. The van der Waals surface area contributed by atoms with Crippen LogP contribution in [0.4, 0.5) is 11.5 Å². The molecule has 0 aliphatic rings. The fourth-order valence-corrected chi connectivity index (χ4v) is 3.15. The Hall–Kier alpha value is -2.54. The topological polar surface area (TPSA) is 85.3 Å². The number of hydrogen-bond acceptors (Lipinski definition) is 5. The molecule has 154 valence electrons. The number of rotatable bonds is 11. The molecule has 0 saturated carbocycles. The third-order valence-electron chi connectivity index (χ3n) is 5.01. The van der Waals surface area contributed by atoms with Crippen LogP contribution in [-0.4, -0.2) is 40.2 Å². The molecule has 0 fully saturated rings. The molecule has 0 radical (unpaired) electrons. The predicted molar refractivity (Wildman–Crippen MR) is 116 cm³/mol. The second kappa shape index (κ2) is 10.7. The zero-order valence-electron chi connectivity index (χ0n) is 17.3. The van der Waals surface area contributed by atoms with Gasteiger partial charge in [-0.05, 0) is 50.0 Å². The van der Waals surface area contributed by atoms with Crippen LogP contribution in [0, 0.1) is 0 Å². The Kier molecular flexibility index (Phi) is 8.32. The van der Waals surface area contributed by atoms with Crippen molar-refractivity contribution in [1.82, 2.24) is 14.0 Å². The molecule has 0 amide bonds. The smallest absolute Gasteiger partial charge is 0.332 e. The first-order chi connectivity index (χ1) is 13.4. The lowest BCUT2D eigenvalue weighted by Crippen LogP contribution is -2.38. The Labute approximate surface area is 166 Å². The first-order valence-electron chi connectivity index (χ1n) is 10.00. The van der Waals surface area contributed by atoms with Crippen molar-refractivity contribution >= 4 is 11.5 Å². The maximum Gasteiger partial charge on any atom is 0.332 e. The number of nitrogens with zero attached hydrogens (tertiary/aromatic N) is 3. The van der Waals surface area contributed by atoms with E-state index in [2.05, 4.69) is 29.3 Å². The molecule has 0 bridgehead atoms. The van der Waals surface area contributed by atoms with Crippen LogP contribution in [0.5, 0.6) is 0 Å². The highest BCUT2D eigenvalue weighted by Crippen LogP contribution is 2.09. The highest BCUT2D eigenvalue weighted by Gasteiger charge is 2.08. The van der Waals surface area contributed by atoms with Crippen LogP contribution >= 0.6 is 0 Å². The molecule has 3 N–H and O–H groups in total. The number of unbranched alkanes of at least 4 members (excludes halogenated alkanes) is 1. The van der Waals surface area contributed by atoms with Crippen LogP contribution in [0.3, 0.4) is 0 Å². The summed E-state index contributed by atoms with van der Waals surface area (Å²) in [5.74, 6) is 0.561. The minimum atomic E-state index is -0.318. The second-order valence-electron chi connectivity index (χ2n) is 7.24. The maximum atomic E-state index is 12.0. The van der Waals surface area contributed by atoms with E-state index in [0.717, 1.165) is 55.6 Å². The van der Waals surface area contributed by atoms with Crippen LogP contribution in [0.15, 0.2) is 39.9 Å². The van der Waals surface area contributed by atoms with Gasteiger partial charge in [-0.1, -0.05) is 25.5 Å². The lowest BCUT2D eigenvalue weighted by atomic mass is 10.1. The fraction of sp³-hybridized carbons (Fsp3) is 0.524. The molecule has 1 aromatic carbocycles. The Morgan fingerprint density at radius 3 is 2.36 bits per heavy atom. The molecule has 1 aromatic heterocycles. The van der Waals surface area contributed by atoms with E-state index in [9.17, 15) is 9.59 Å². The number of hydrogen-bond donors (Lipinski definition) is 2.